The van der Waals surface area contributed by atoms with Crippen LogP contribution in [0.25, 0.3) is 0 Å². The van der Waals surface area contributed by atoms with Crippen LogP contribution in [0.15, 0.2) is 23.8 Å². The summed E-state index contributed by atoms with van der Waals surface area (Å²) in [4.78, 5) is 0. The third-order valence-electron chi connectivity index (χ3n) is 2.58. The van der Waals surface area contributed by atoms with E-state index in [9.17, 15) is 0 Å². The lowest BCUT2D eigenvalue weighted by Crippen LogP contribution is -1.78. The molecule has 0 radical (unpaired) electrons. The number of allylic oxidation sites excluding steroid dienone is 3. The van der Waals surface area contributed by atoms with Crippen LogP contribution in [0.1, 0.15) is 51.9 Å². The molecule has 0 unspecified atom stereocenters. The highest BCUT2D eigenvalue weighted by Crippen LogP contribution is 2.29. The standard InChI is InChI=1S/C12H20/c1-3-4-5-6-9-12-10-7-8-11(12)2/h9H,2-8,10H2,1H3/b12-9-. The Morgan fingerprint density at radius 1 is 1.33 bits per heavy atom. The zero-order valence-corrected chi connectivity index (χ0v) is 8.23. The van der Waals surface area contributed by atoms with Crippen molar-refractivity contribution in [1.82, 2.24) is 0 Å². The fourth-order valence-corrected chi connectivity index (χ4v) is 1.75. The Hall–Kier alpha value is -0.520. The third-order valence-corrected chi connectivity index (χ3v) is 2.58. The Kier molecular flexibility index (Phi) is 4.13. The Morgan fingerprint density at radius 2 is 2.17 bits per heavy atom. The molecular formula is C12H20. The minimum Gasteiger partial charge on any atom is -0.0956 e. The van der Waals surface area contributed by atoms with Gasteiger partial charge in [-0.05, 0) is 37.7 Å². The SMILES string of the molecule is C=C1CCC/C1=C/CCCCC. The van der Waals surface area contributed by atoms with E-state index in [1.807, 2.05) is 0 Å². The zero-order chi connectivity index (χ0) is 8.81. The van der Waals surface area contributed by atoms with Crippen molar-refractivity contribution < 1.29 is 0 Å². The third kappa shape index (κ3) is 2.84. The van der Waals surface area contributed by atoms with Gasteiger partial charge in [0.1, 0.15) is 0 Å². The van der Waals surface area contributed by atoms with Gasteiger partial charge < -0.3 is 0 Å². The lowest BCUT2D eigenvalue weighted by molar-refractivity contribution is 0.727. The van der Waals surface area contributed by atoms with E-state index in [4.69, 9.17) is 0 Å². The van der Waals surface area contributed by atoms with Crippen LogP contribution >= 0.6 is 0 Å². The fourth-order valence-electron chi connectivity index (χ4n) is 1.75. The molecule has 1 rings (SSSR count). The predicted molar refractivity (Wildman–Crippen MR) is 55.2 cm³/mol. The highest BCUT2D eigenvalue weighted by Gasteiger charge is 2.09. The average Bonchev–Trinajstić information content (AvgIpc) is 2.46. The van der Waals surface area contributed by atoms with Crippen molar-refractivity contribution in [3.8, 4) is 0 Å². The second-order valence-corrected chi connectivity index (χ2v) is 3.68. The topological polar surface area (TPSA) is 0 Å². The quantitative estimate of drug-likeness (QED) is 0.545. The first-order chi connectivity index (χ1) is 5.84. The molecule has 0 N–H and O–H groups in total. The fraction of sp³-hybridized carbons (Fsp3) is 0.667. The maximum absolute atomic E-state index is 4.07. The van der Waals surface area contributed by atoms with E-state index in [1.165, 1.54) is 50.5 Å². The highest BCUT2D eigenvalue weighted by molar-refractivity contribution is 5.31. The summed E-state index contributed by atoms with van der Waals surface area (Å²) in [6, 6.07) is 0. The molecule has 0 aliphatic heterocycles. The van der Waals surface area contributed by atoms with Crippen LogP contribution in [-0.4, -0.2) is 0 Å². The van der Waals surface area contributed by atoms with Crippen LogP contribution in [0.5, 0.6) is 0 Å². The number of rotatable bonds is 4. The first-order valence-electron chi connectivity index (χ1n) is 5.21. The molecule has 0 aromatic carbocycles. The number of hydrogen-bond donors (Lipinski definition) is 0. The molecule has 12 heavy (non-hydrogen) atoms. The Morgan fingerprint density at radius 3 is 2.75 bits per heavy atom. The molecule has 0 atom stereocenters. The second-order valence-electron chi connectivity index (χ2n) is 3.68. The first kappa shape index (κ1) is 9.57. The Bertz CT molecular complexity index is 174. The number of unbranched alkanes of at least 4 members (excludes halogenated alkanes) is 3. The van der Waals surface area contributed by atoms with Gasteiger partial charge in [0.25, 0.3) is 0 Å². The maximum Gasteiger partial charge on any atom is -0.0276 e. The minimum absolute atomic E-state index is 1.24. The van der Waals surface area contributed by atoms with Crippen molar-refractivity contribution in [3.63, 3.8) is 0 Å². The van der Waals surface area contributed by atoms with Crippen molar-refractivity contribution in [3.05, 3.63) is 23.8 Å². The smallest absolute Gasteiger partial charge is 0.0276 e. The summed E-state index contributed by atoms with van der Waals surface area (Å²) in [5.41, 5.74) is 2.94. The summed E-state index contributed by atoms with van der Waals surface area (Å²) in [6.07, 6.45) is 11.6. The van der Waals surface area contributed by atoms with Crippen LogP contribution in [0, 0.1) is 0 Å². The van der Waals surface area contributed by atoms with E-state index in [2.05, 4.69) is 19.6 Å². The van der Waals surface area contributed by atoms with E-state index < -0.39 is 0 Å². The van der Waals surface area contributed by atoms with Crippen molar-refractivity contribution in [2.24, 2.45) is 0 Å². The molecule has 1 aliphatic carbocycles. The van der Waals surface area contributed by atoms with Gasteiger partial charge in [-0.25, -0.2) is 0 Å². The van der Waals surface area contributed by atoms with E-state index in [0.29, 0.717) is 0 Å². The van der Waals surface area contributed by atoms with Crippen LogP contribution in [0.3, 0.4) is 0 Å². The largest absolute Gasteiger partial charge is 0.0956 e. The zero-order valence-electron chi connectivity index (χ0n) is 8.23. The lowest BCUT2D eigenvalue weighted by atomic mass is 10.1. The monoisotopic (exact) mass is 164 g/mol. The van der Waals surface area contributed by atoms with Gasteiger partial charge in [-0.3, -0.25) is 0 Å². The van der Waals surface area contributed by atoms with Crippen LogP contribution in [0.4, 0.5) is 0 Å². The summed E-state index contributed by atoms with van der Waals surface area (Å²) >= 11 is 0. The highest BCUT2D eigenvalue weighted by atomic mass is 14.1. The van der Waals surface area contributed by atoms with Gasteiger partial charge in [0.15, 0.2) is 0 Å². The lowest BCUT2D eigenvalue weighted by Gasteiger charge is -1.98. The van der Waals surface area contributed by atoms with Crippen LogP contribution < -0.4 is 0 Å². The van der Waals surface area contributed by atoms with Gasteiger partial charge in [0.2, 0.25) is 0 Å². The van der Waals surface area contributed by atoms with E-state index in [1.54, 1.807) is 5.57 Å². The molecule has 0 amide bonds. The molecule has 0 nitrogen and oxygen atoms in total. The molecule has 0 saturated heterocycles. The molecule has 0 heterocycles. The molecule has 1 fully saturated rings. The molecule has 0 spiro atoms. The van der Waals surface area contributed by atoms with Gasteiger partial charge in [-0.15, -0.1) is 0 Å². The molecule has 0 heteroatoms. The summed E-state index contributed by atoms with van der Waals surface area (Å²) in [5.74, 6) is 0. The summed E-state index contributed by atoms with van der Waals surface area (Å²) in [7, 11) is 0. The van der Waals surface area contributed by atoms with E-state index in [0.717, 1.165) is 0 Å². The van der Waals surface area contributed by atoms with Gasteiger partial charge in [-0.1, -0.05) is 38.0 Å². The molecule has 0 bridgehead atoms. The molecular weight excluding hydrogens is 144 g/mol. The summed E-state index contributed by atoms with van der Waals surface area (Å²) < 4.78 is 0. The number of hydrogen-bond acceptors (Lipinski definition) is 0. The Labute approximate surface area is 76.4 Å². The van der Waals surface area contributed by atoms with E-state index >= 15 is 0 Å². The summed E-state index contributed by atoms with van der Waals surface area (Å²) in [6.45, 7) is 6.32. The van der Waals surface area contributed by atoms with Crippen molar-refractivity contribution >= 4 is 0 Å². The van der Waals surface area contributed by atoms with E-state index in [-0.39, 0.29) is 0 Å². The predicted octanol–water partition coefficient (Wildman–Crippen LogP) is 4.23. The summed E-state index contributed by atoms with van der Waals surface area (Å²) in [5, 5.41) is 0. The molecule has 0 aromatic heterocycles. The molecule has 0 aromatic rings. The van der Waals surface area contributed by atoms with Crippen molar-refractivity contribution in [2.75, 3.05) is 0 Å². The first-order valence-corrected chi connectivity index (χ1v) is 5.21. The molecule has 1 saturated carbocycles. The average molecular weight is 164 g/mol. The molecule has 1 aliphatic rings. The van der Waals surface area contributed by atoms with Crippen LogP contribution in [0.2, 0.25) is 0 Å². The van der Waals surface area contributed by atoms with Crippen molar-refractivity contribution in [2.45, 2.75) is 51.9 Å². The van der Waals surface area contributed by atoms with Gasteiger partial charge >= 0.3 is 0 Å². The van der Waals surface area contributed by atoms with Gasteiger partial charge in [-0.2, -0.15) is 0 Å². The molecule has 68 valence electrons. The van der Waals surface area contributed by atoms with Crippen LogP contribution in [-0.2, 0) is 0 Å². The normalized spacial score (nSPS) is 20.8. The minimum atomic E-state index is 1.24. The maximum atomic E-state index is 4.07. The Balaban J connectivity index is 2.22. The van der Waals surface area contributed by atoms with Crippen molar-refractivity contribution in [1.29, 1.82) is 0 Å². The van der Waals surface area contributed by atoms with Gasteiger partial charge in [0.05, 0.1) is 0 Å². The van der Waals surface area contributed by atoms with Gasteiger partial charge in [0, 0.05) is 0 Å². The second kappa shape index (κ2) is 5.18.